The highest BCUT2D eigenvalue weighted by Gasteiger charge is 2.26. The molecule has 94 valence electrons. The minimum Gasteiger partial charge on any atom is -0.394 e. The number of thiophene rings is 1. The molecule has 1 saturated heterocycles. The Bertz CT molecular complexity index is 389. The maximum absolute atomic E-state index is 12.4. The zero-order chi connectivity index (χ0) is 12.3. The molecule has 17 heavy (non-hydrogen) atoms. The number of aryl methyl sites for hydroxylation is 1. The highest BCUT2D eigenvalue weighted by molar-refractivity contribution is 7.08. The zero-order valence-corrected chi connectivity index (χ0v) is 11.0. The van der Waals surface area contributed by atoms with Crippen molar-refractivity contribution in [3.8, 4) is 0 Å². The summed E-state index contributed by atoms with van der Waals surface area (Å²) < 4.78 is 0. The summed E-state index contributed by atoms with van der Waals surface area (Å²) >= 11 is 1.56. The minimum absolute atomic E-state index is 0.00398. The largest absolute Gasteiger partial charge is 0.394 e. The van der Waals surface area contributed by atoms with E-state index in [1.807, 2.05) is 22.6 Å². The summed E-state index contributed by atoms with van der Waals surface area (Å²) in [4.78, 5) is 14.3. The van der Waals surface area contributed by atoms with Crippen molar-refractivity contribution in [3.05, 3.63) is 21.9 Å². The first-order valence-electron chi connectivity index (χ1n) is 6.18. The van der Waals surface area contributed by atoms with Crippen LogP contribution in [-0.4, -0.2) is 35.1 Å². The van der Waals surface area contributed by atoms with E-state index in [-0.39, 0.29) is 18.6 Å². The minimum atomic E-state index is 0.00398. The lowest BCUT2D eigenvalue weighted by molar-refractivity contribution is 0.0599. The number of carbonyl (C=O) groups is 1. The number of rotatable bonds is 2. The van der Waals surface area contributed by atoms with Crippen molar-refractivity contribution < 1.29 is 9.90 Å². The second-order valence-electron chi connectivity index (χ2n) is 4.65. The third-order valence-electron chi connectivity index (χ3n) is 3.43. The van der Waals surface area contributed by atoms with Gasteiger partial charge < -0.3 is 10.0 Å². The van der Waals surface area contributed by atoms with Crippen LogP contribution >= 0.6 is 11.3 Å². The fourth-order valence-corrected chi connectivity index (χ4v) is 3.19. The van der Waals surface area contributed by atoms with Crippen LogP contribution < -0.4 is 0 Å². The van der Waals surface area contributed by atoms with Gasteiger partial charge in [-0.05, 0) is 30.7 Å². The van der Waals surface area contributed by atoms with Gasteiger partial charge in [-0.15, -0.1) is 0 Å². The first-order chi connectivity index (χ1) is 8.24. The summed E-state index contributed by atoms with van der Waals surface area (Å²) in [6.45, 7) is 2.82. The molecule has 0 aliphatic carbocycles. The summed E-state index contributed by atoms with van der Waals surface area (Å²) in [5, 5.41) is 13.3. The zero-order valence-electron chi connectivity index (χ0n) is 10.2. The topological polar surface area (TPSA) is 40.5 Å². The van der Waals surface area contributed by atoms with Crippen molar-refractivity contribution in [1.82, 2.24) is 4.90 Å². The Morgan fingerprint density at radius 1 is 1.47 bits per heavy atom. The molecule has 0 aromatic carbocycles. The van der Waals surface area contributed by atoms with E-state index in [4.69, 9.17) is 0 Å². The molecule has 1 aliphatic heterocycles. The lowest BCUT2D eigenvalue weighted by Crippen LogP contribution is -2.42. The van der Waals surface area contributed by atoms with E-state index >= 15 is 0 Å². The Kier molecular flexibility index (Phi) is 4.18. The SMILES string of the molecule is Cc1cscc1C(=O)N1CCCCCC1CO. The van der Waals surface area contributed by atoms with Crippen LogP contribution in [0.5, 0.6) is 0 Å². The molecule has 2 heterocycles. The third kappa shape index (κ3) is 2.69. The van der Waals surface area contributed by atoms with Crippen LogP contribution in [0.15, 0.2) is 10.8 Å². The monoisotopic (exact) mass is 253 g/mol. The van der Waals surface area contributed by atoms with E-state index in [1.165, 1.54) is 0 Å². The van der Waals surface area contributed by atoms with Crippen molar-refractivity contribution in [3.63, 3.8) is 0 Å². The Balaban J connectivity index is 2.18. The molecule has 0 saturated carbocycles. The molecule has 0 bridgehead atoms. The van der Waals surface area contributed by atoms with Crippen LogP contribution in [-0.2, 0) is 0 Å². The standard InChI is InChI=1S/C13H19NO2S/c1-10-8-17-9-12(10)13(16)14-6-4-2-3-5-11(14)7-15/h8-9,11,15H,2-7H2,1H3. The second kappa shape index (κ2) is 5.65. The summed E-state index contributed by atoms with van der Waals surface area (Å²) in [5.74, 6) is 0.0877. The van der Waals surface area contributed by atoms with Crippen molar-refractivity contribution in [2.24, 2.45) is 0 Å². The van der Waals surface area contributed by atoms with Gasteiger partial charge in [-0.3, -0.25) is 4.79 Å². The van der Waals surface area contributed by atoms with Gasteiger partial charge in [0.1, 0.15) is 0 Å². The molecule has 1 fully saturated rings. The van der Waals surface area contributed by atoms with Crippen LogP contribution in [0.1, 0.15) is 41.6 Å². The number of nitrogens with zero attached hydrogens (tertiary/aromatic N) is 1. The lowest BCUT2D eigenvalue weighted by atomic mass is 10.1. The van der Waals surface area contributed by atoms with Crippen molar-refractivity contribution >= 4 is 17.2 Å². The Morgan fingerprint density at radius 3 is 2.94 bits per heavy atom. The molecule has 1 unspecified atom stereocenters. The Morgan fingerprint density at radius 2 is 2.29 bits per heavy atom. The van der Waals surface area contributed by atoms with Gasteiger partial charge in [-0.1, -0.05) is 12.8 Å². The van der Waals surface area contributed by atoms with Gasteiger partial charge in [0.15, 0.2) is 0 Å². The predicted molar refractivity (Wildman–Crippen MR) is 69.4 cm³/mol. The number of aliphatic hydroxyl groups excluding tert-OH is 1. The van der Waals surface area contributed by atoms with Gasteiger partial charge in [-0.2, -0.15) is 11.3 Å². The van der Waals surface area contributed by atoms with Crippen LogP contribution in [0.4, 0.5) is 0 Å². The van der Waals surface area contributed by atoms with Gasteiger partial charge in [-0.25, -0.2) is 0 Å². The predicted octanol–water partition coefficient (Wildman–Crippen LogP) is 2.43. The molecular formula is C13H19NO2S. The number of hydrogen-bond donors (Lipinski definition) is 1. The van der Waals surface area contributed by atoms with Gasteiger partial charge in [0.25, 0.3) is 5.91 Å². The molecule has 1 amide bonds. The molecule has 3 nitrogen and oxygen atoms in total. The van der Waals surface area contributed by atoms with E-state index in [9.17, 15) is 9.90 Å². The van der Waals surface area contributed by atoms with Crippen LogP contribution in [0, 0.1) is 6.92 Å². The van der Waals surface area contributed by atoms with Gasteiger partial charge >= 0.3 is 0 Å². The molecule has 1 aromatic heterocycles. The average molecular weight is 253 g/mol. The Hall–Kier alpha value is -0.870. The summed E-state index contributed by atoms with van der Waals surface area (Å²) in [6, 6.07) is 0.00398. The lowest BCUT2D eigenvalue weighted by Gasteiger charge is -2.28. The van der Waals surface area contributed by atoms with Crippen molar-refractivity contribution in [2.75, 3.05) is 13.2 Å². The van der Waals surface area contributed by atoms with Crippen LogP contribution in [0.3, 0.4) is 0 Å². The van der Waals surface area contributed by atoms with Crippen molar-refractivity contribution in [1.29, 1.82) is 0 Å². The first-order valence-corrected chi connectivity index (χ1v) is 7.13. The molecule has 1 aromatic rings. The number of aliphatic hydroxyl groups is 1. The fourth-order valence-electron chi connectivity index (χ4n) is 2.37. The number of hydrogen-bond acceptors (Lipinski definition) is 3. The van der Waals surface area contributed by atoms with E-state index in [1.54, 1.807) is 11.3 Å². The number of likely N-dealkylation sites (tertiary alicyclic amines) is 1. The van der Waals surface area contributed by atoms with E-state index in [2.05, 4.69) is 0 Å². The van der Waals surface area contributed by atoms with Crippen molar-refractivity contribution in [2.45, 2.75) is 38.6 Å². The molecule has 1 aliphatic rings. The number of carbonyl (C=O) groups excluding carboxylic acids is 1. The maximum atomic E-state index is 12.4. The summed E-state index contributed by atoms with van der Waals surface area (Å²) in [5.41, 5.74) is 1.84. The average Bonchev–Trinajstić information content (AvgIpc) is 2.64. The Labute approximate surface area is 106 Å². The molecule has 1 N–H and O–H groups in total. The highest BCUT2D eigenvalue weighted by atomic mass is 32.1. The molecular weight excluding hydrogens is 234 g/mol. The second-order valence-corrected chi connectivity index (χ2v) is 5.40. The smallest absolute Gasteiger partial charge is 0.255 e. The fraction of sp³-hybridized carbons (Fsp3) is 0.615. The van der Waals surface area contributed by atoms with E-state index in [0.717, 1.165) is 43.4 Å². The van der Waals surface area contributed by atoms with E-state index < -0.39 is 0 Å². The van der Waals surface area contributed by atoms with Gasteiger partial charge in [0.2, 0.25) is 0 Å². The number of amides is 1. The molecule has 0 radical (unpaired) electrons. The molecule has 1 atom stereocenters. The van der Waals surface area contributed by atoms with Crippen LogP contribution in [0.25, 0.3) is 0 Å². The molecule has 0 spiro atoms. The summed E-state index contributed by atoms with van der Waals surface area (Å²) in [7, 11) is 0. The molecule has 4 heteroatoms. The normalized spacial score (nSPS) is 21.3. The van der Waals surface area contributed by atoms with Gasteiger partial charge in [0.05, 0.1) is 18.2 Å². The quantitative estimate of drug-likeness (QED) is 0.879. The first kappa shape index (κ1) is 12.6. The van der Waals surface area contributed by atoms with E-state index in [0.29, 0.717) is 0 Å². The molecule has 2 rings (SSSR count). The van der Waals surface area contributed by atoms with Gasteiger partial charge in [0, 0.05) is 11.9 Å². The highest BCUT2D eigenvalue weighted by Crippen LogP contribution is 2.22. The third-order valence-corrected chi connectivity index (χ3v) is 4.30. The summed E-state index contributed by atoms with van der Waals surface area (Å²) in [6.07, 6.45) is 4.23. The maximum Gasteiger partial charge on any atom is 0.255 e. The van der Waals surface area contributed by atoms with Crippen LogP contribution in [0.2, 0.25) is 0 Å².